The number of aryl methyl sites for hydroxylation is 3. The minimum absolute atomic E-state index is 0.283. The van der Waals surface area contributed by atoms with E-state index in [9.17, 15) is 4.79 Å². The predicted molar refractivity (Wildman–Crippen MR) is 103 cm³/mol. The van der Waals surface area contributed by atoms with Gasteiger partial charge in [-0.3, -0.25) is 5.43 Å². The van der Waals surface area contributed by atoms with Gasteiger partial charge in [-0.05, 0) is 30.5 Å². The van der Waals surface area contributed by atoms with Crippen LogP contribution in [0.2, 0.25) is 0 Å². The van der Waals surface area contributed by atoms with Crippen LogP contribution in [0.5, 0.6) is 0 Å². The molecule has 2 aromatic carbocycles. The summed E-state index contributed by atoms with van der Waals surface area (Å²) in [5.41, 5.74) is 9.68. The van der Waals surface area contributed by atoms with Crippen LogP contribution in [0.15, 0.2) is 53.3 Å². The third kappa shape index (κ3) is 3.81. The largest absolute Gasteiger partial charge is 0.356 e. The summed E-state index contributed by atoms with van der Waals surface area (Å²) < 4.78 is 1.60. The Kier molecular flexibility index (Phi) is 5.43. The molecule has 0 atom stereocenters. The van der Waals surface area contributed by atoms with E-state index < -0.39 is 0 Å². The lowest BCUT2D eigenvalue weighted by molar-refractivity contribution is 0.732. The van der Waals surface area contributed by atoms with E-state index in [1.54, 1.807) is 4.57 Å². The molecule has 3 aromatic rings. The molecule has 0 aliphatic carbocycles. The molecule has 0 fully saturated rings. The molecule has 6 heteroatoms. The first-order chi connectivity index (χ1) is 12.6. The Hall–Kier alpha value is -2.99. The second-order valence-corrected chi connectivity index (χ2v) is 6.14. The lowest BCUT2D eigenvalue weighted by Gasteiger charge is -2.16. The molecule has 1 aromatic heterocycles. The maximum absolute atomic E-state index is 12.7. The minimum Gasteiger partial charge on any atom is -0.289 e. The van der Waals surface area contributed by atoms with Gasteiger partial charge >= 0.3 is 5.69 Å². The van der Waals surface area contributed by atoms with Gasteiger partial charge in [0.25, 0.3) is 0 Å². The van der Waals surface area contributed by atoms with Gasteiger partial charge in [-0.1, -0.05) is 55.5 Å². The Balaban J connectivity index is 1.87. The molecule has 2 N–H and O–H groups in total. The number of hydrazine groups is 1. The Labute approximate surface area is 152 Å². The number of nitrogens with zero attached hydrogens (tertiary/aromatic N) is 3. The van der Waals surface area contributed by atoms with E-state index in [0.29, 0.717) is 18.8 Å². The molecule has 6 nitrogen and oxygen atoms in total. The fraction of sp³-hybridized carbons (Fsp3) is 0.250. The Morgan fingerprint density at radius 3 is 2.31 bits per heavy atom. The zero-order chi connectivity index (χ0) is 18.5. The number of benzene rings is 2. The highest BCUT2D eigenvalue weighted by Crippen LogP contribution is 2.18. The van der Waals surface area contributed by atoms with Gasteiger partial charge in [-0.25, -0.2) is 14.8 Å². The molecule has 0 aliphatic heterocycles. The van der Waals surface area contributed by atoms with Crippen molar-refractivity contribution in [3.05, 3.63) is 81.5 Å². The van der Waals surface area contributed by atoms with Gasteiger partial charge < -0.3 is 0 Å². The van der Waals surface area contributed by atoms with Gasteiger partial charge in [0.2, 0.25) is 5.95 Å². The van der Waals surface area contributed by atoms with E-state index in [1.165, 1.54) is 0 Å². The van der Waals surface area contributed by atoms with Gasteiger partial charge in [-0.2, -0.15) is 9.97 Å². The number of rotatable bonds is 6. The zero-order valence-electron chi connectivity index (χ0n) is 15.3. The molecule has 0 amide bonds. The summed E-state index contributed by atoms with van der Waals surface area (Å²) >= 11 is 0. The van der Waals surface area contributed by atoms with Gasteiger partial charge in [0.1, 0.15) is 5.82 Å². The molecule has 0 saturated carbocycles. The summed E-state index contributed by atoms with van der Waals surface area (Å²) in [6.45, 7) is 6.56. The van der Waals surface area contributed by atoms with E-state index in [2.05, 4.69) is 20.8 Å². The first-order valence-corrected chi connectivity index (χ1v) is 8.69. The van der Waals surface area contributed by atoms with Crippen LogP contribution in [-0.2, 0) is 13.0 Å². The van der Waals surface area contributed by atoms with E-state index in [-0.39, 0.29) is 11.6 Å². The van der Waals surface area contributed by atoms with Crippen molar-refractivity contribution in [2.75, 3.05) is 5.43 Å². The summed E-state index contributed by atoms with van der Waals surface area (Å²) in [5.74, 6) is 0.955. The van der Waals surface area contributed by atoms with Crippen LogP contribution in [0, 0.1) is 13.8 Å². The van der Waals surface area contributed by atoms with Crippen LogP contribution in [0.3, 0.4) is 0 Å². The fourth-order valence-electron chi connectivity index (χ4n) is 2.95. The van der Waals surface area contributed by atoms with Crippen molar-refractivity contribution in [1.29, 1.82) is 0 Å². The molecule has 134 valence electrons. The first kappa shape index (κ1) is 17.8. The van der Waals surface area contributed by atoms with Gasteiger partial charge in [0.05, 0.1) is 5.69 Å². The number of hydrogen-bond acceptors (Lipinski definition) is 5. The quantitative estimate of drug-likeness (QED) is 0.670. The minimum atomic E-state index is -0.335. The van der Waals surface area contributed by atoms with Crippen molar-refractivity contribution < 1.29 is 0 Å². The van der Waals surface area contributed by atoms with Gasteiger partial charge in [0.15, 0.2) is 0 Å². The average Bonchev–Trinajstić information content (AvgIpc) is 2.63. The molecular formula is C20H23N5O. The Bertz CT molecular complexity index is 930. The van der Waals surface area contributed by atoms with Gasteiger partial charge in [-0.15, -0.1) is 0 Å². The first-order valence-electron chi connectivity index (χ1n) is 8.69. The smallest absolute Gasteiger partial charge is 0.289 e. The highest BCUT2D eigenvalue weighted by molar-refractivity contribution is 5.47. The molecule has 3 rings (SSSR count). The van der Waals surface area contributed by atoms with Crippen LogP contribution >= 0.6 is 0 Å². The fourth-order valence-corrected chi connectivity index (χ4v) is 2.95. The van der Waals surface area contributed by atoms with Crippen LogP contribution in [0.1, 0.15) is 29.4 Å². The van der Waals surface area contributed by atoms with Crippen molar-refractivity contribution in [2.45, 2.75) is 33.7 Å². The molecule has 26 heavy (non-hydrogen) atoms. The lowest BCUT2D eigenvalue weighted by atomic mass is 10.1. The summed E-state index contributed by atoms with van der Waals surface area (Å²) in [6, 6.07) is 15.9. The molecule has 0 radical (unpaired) electrons. The summed E-state index contributed by atoms with van der Waals surface area (Å²) in [6.07, 6.45) is 0.624. The lowest BCUT2D eigenvalue weighted by Crippen LogP contribution is -2.31. The second-order valence-electron chi connectivity index (χ2n) is 6.14. The highest BCUT2D eigenvalue weighted by atomic mass is 16.1. The normalized spacial score (nSPS) is 10.7. The SMILES string of the molecule is CCc1nc(NNCc2ccccc2)nc(=O)n1-c1c(C)cccc1C. The van der Waals surface area contributed by atoms with E-state index in [4.69, 9.17) is 0 Å². The molecule has 0 bridgehead atoms. The van der Waals surface area contributed by atoms with Gasteiger partial charge in [0, 0.05) is 13.0 Å². The van der Waals surface area contributed by atoms with Crippen molar-refractivity contribution in [1.82, 2.24) is 20.0 Å². The number of hydrogen-bond donors (Lipinski definition) is 2. The number of anilines is 1. The summed E-state index contributed by atoms with van der Waals surface area (Å²) in [5, 5.41) is 0. The summed E-state index contributed by atoms with van der Waals surface area (Å²) in [4.78, 5) is 21.3. The molecule has 0 saturated heterocycles. The molecule has 0 aliphatic rings. The molecule has 1 heterocycles. The Morgan fingerprint density at radius 1 is 0.962 bits per heavy atom. The monoisotopic (exact) mass is 349 g/mol. The number of para-hydroxylation sites is 1. The predicted octanol–water partition coefficient (Wildman–Crippen LogP) is 2.92. The van der Waals surface area contributed by atoms with Crippen molar-refractivity contribution in [3.8, 4) is 5.69 Å². The van der Waals surface area contributed by atoms with E-state index >= 15 is 0 Å². The van der Waals surface area contributed by atoms with E-state index in [0.717, 1.165) is 22.4 Å². The third-order valence-corrected chi connectivity index (χ3v) is 4.20. The highest BCUT2D eigenvalue weighted by Gasteiger charge is 2.14. The number of nitrogens with one attached hydrogen (secondary N) is 2. The second kappa shape index (κ2) is 7.93. The zero-order valence-corrected chi connectivity index (χ0v) is 15.3. The van der Waals surface area contributed by atoms with Crippen molar-refractivity contribution in [3.63, 3.8) is 0 Å². The average molecular weight is 349 g/mol. The topological polar surface area (TPSA) is 71.8 Å². The molecule has 0 unspecified atom stereocenters. The van der Waals surface area contributed by atoms with E-state index in [1.807, 2.05) is 69.3 Å². The summed E-state index contributed by atoms with van der Waals surface area (Å²) in [7, 11) is 0. The number of aromatic nitrogens is 3. The maximum Gasteiger partial charge on any atom is 0.356 e. The van der Waals surface area contributed by atoms with Crippen LogP contribution < -0.4 is 16.5 Å². The van der Waals surface area contributed by atoms with Crippen LogP contribution in [0.25, 0.3) is 5.69 Å². The Morgan fingerprint density at radius 2 is 1.65 bits per heavy atom. The molecule has 0 spiro atoms. The maximum atomic E-state index is 12.7. The van der Waals surface area contributed by atoms with Crippen molar-refractivity contribution in [2.24, 2.45) is 0 Å². The standard InChI is InChI=1S/C20H23N5O/c1-4-17-22-19(24-21-13-16-11-6-5-7-12-16)23-20(26)25(17)18-14(2)9-8-10-15(18)3/h5-12,21H,4,13H2,1-3H3,(H,23,24,26). The third-order valence-electron chi connectivity index (χ3n) is 4.20. The van der Waals surface area contributed by atoms with Crippen LogP contribution in [0.4, 0.5) is 5.95 Å². The van der Waals surface area contributed by atoms with Crippen molar-refractivity contribution >= 4 is 5.95 Å². The van der Waals surface area contributed by atoms with Crippen LogP contribution in [-0.4, -0.2) is 14.5 Å². The molecular weight excluding hydrogens is 326 g/mol.